The second-order valence-corrected chi connectivity index (χ2v) is 5.62. The zero-order chi connectivity index (χ0) is 14.7. The van der Waals surface area contributed by atoms with Crippen LogP contribution in [-0.4, -0.2) is 49.1 Å². The van der Waals surface area contributed by atoms with Crippen molar-refractivity contribution in [2.24, 2.45) is 5.73 Å². The molecule has 0 amide bonds. The molecule has 2 unspecified atom stereocenters. The second-order valence-electron chi connectivity index (χ2n) is 5.62. The Morgan fingerprint density at radius 3 is 2.75 bits per heavy atom. The molecule has 112 valence electrons. The van der Waals surface area contributed by atoms with E-state index in [0.29, 0.717) is 18.2 Å². The van der Waals surface area contributed by atoms with Crippen LogP contribution < -0.4 is 5.73 Å². The summed E-state index contributed by atoms with van der Waals surface area (Å²) in [7, 11) is 2.09. The Bertz CT molecular complexity index is 453. The monoisotopic (exact) mass is 283 g/mol. The van der Waals surface area contributed by atoms with Crippen LogP contribution in [0.3, 0.4) is 0 Å². The van der Waals surface area contributed by atoms with E-state index in [4.69, 9.17) is 5.73 Å². The number of hydrogen-bond donors (Lipinski definition) is 1. The first-order valence-electron chi connectivity index (χ1n) is 7.12. The molecule has 1 aromatic carbocycles. The third-order valence-electron chi connectivity index (χ3n) is 4.04. The Hall–Kier alpha value is -1.04. The molecule has 20 heavy (non-hydrogen) atoms. The van der Waals surface area contributed by atoms with Gasteiger partial charge in [0.15, 0.2) is 0 Å². The van der Waals surface area contributed by atoms with Gasteiger partial charge in [0.05, 0.1) is 6.04 Å². The fourth-order valence-corrected chi connectivity index (χ4v) is 3.07. The summed E-state index contributed by atoms with van der Waals surface area (Å²) in [5.74, 6) is -1.06. The van der Waals surface area contributed by atoms with Crippen LogP contribution in [0, 0.1) is 11.6 Å². The SMILES string of the molecule is CC1CN(C)CCCN1C(CN)c1ccc(F)cc1F. The second kappa shape index (κ2) is 6.61. The quantitative estimate of drug-likeness (QED) is 0.921. The Morgan fingerprint density at radius 1 is 1.35 bits per heavy atom. The lowest BCUT2D eigenvalue weighted by molar-refractivity contribution is 0.143. The summed E-state index contributed by atoms with van der Waals surface area (Å²) in [5.41, 5.74) is 6.37. The summed E-state index contributed by atoms with van der Waals surface area (Å²) in [6.07, 6.45) is 1.03. The number of benzene rings is 1. The molecule has 0 spiro atoms. The Labute approximate surface area is 119 Å². The normalized spacial score (nSPS) is 23.6. The van der Waals surface area contributed by atoms with Crippen LogP contribution in [-0.2, 0) is 0 Å². The highest BCUT2D eigenvalue weighted by atomic mass is 19.1. The van der Waals surface area contributed by atoms with Crippen molar-refractivity contribution >= 4 is 0 Å². The molecular weight excluding hydrogens is 260 g/mol. The summed E-state index contributed by atoms with van der Waals surface area (Å²) in [6.45, 7) is 5.30. The van der Waals surface area contributed by atoms with Crippen molar-refractivity contribution in [1.29, 1.82) is 0 Å². The Balaban J connectivity index is 2.26. The molecule has 0 aromatic heterocycles. The standard InChI is InChI=1S/C15H23F2N3/c1-11-10-19(2)6-3-7-20(11)15(9-18)13-5-4-12(16)8-14(13)17/h4-5,8,11,15H,3,6-7,9-10,18H2,1-2H3. The Morgan fingerprint density at radius 2 is 2.10 bits per heavy atom. The molecular formula is C15H23F2N3. The summed E-state index contributed by atoms with van der Waals surface area (Å²) < 4.78 is 27.1. The lowest BCUT2D eigenvalue weighted by Crippen LogP contribution is -2.43. The average Bonchev–Trinajstić information content (AvgIpc) is 2.54. The van der Waals surface area contributed by atoms with Crippen LogP contribution in [0.15, 0.2) is 18.2 Å². The van der Waals surface area contributed by atoms with Crippen LogP contribution in [0.4, 0.5) is 8.78 Å². The number of halogens is 2. The van der Waals surface area contributed by atoms with Gasteiger partial charge in [0.1, 0.15) is 11.6 Å². The van der Waals surface area contributed by atoms with Crippen LogP contribution >= 0.6 is 0 Å². The topological polar surface area (TPSA) is 32.5 Å². The smallest absolute Gasteiger partial charge is 0.130 e. The molecule has 2 rings (SSSR count). The summed E-state index contributed by atoms with van der Waals surface area (Å²) in [5, 5.41) is 0. The molecule has 3 nitrogen and oxygen atoms in total. The fraction of sp³-hybridized carbons (Fsp3) is 0.600. The van der Waals surface area contributed by atoms with Crippen molar-refractivity contribution in [3.05, 3.63) is 35.4 Å². The third-order valence-corrected chi connectivity index (χ3v) is 4.04. The molecule has 0 saturated carbocycles. The van der Waals surface area contributed by atoms with Gasteiger partial charge in [0.2, 0.25) is 0 Å². The van der Waals surface area contributed by atoms with E-state index in [1.54, 1.807) is 0 Å². The molecule has 0 aliphatic carbocycles. The predicted molar refractivity (Wildman–Crippen MR) is 76.4 cm³/mol. The maximum Gasteiger partial charge on any atom is 0.130 e. The van der Waals surface area contributed by atoms with Gasteiger partial charge in [0.25, 0.3) is 0 Å². The first-order chi connectivity index (χ1) is 9.52. The molecule has 1 aliphatic rings. The molecule has 1 saturated heterocycles. The Kier molecular flexibility index (Phi) is 5.07. The minimum Gasteiger partial charge on any atom is -0.329 e. The molecule has 2 atom stereocenters. The first kappa shape index (κ1) is 15.4. The highest BCUT2D eigenvalue weighted by Gasteiger charge is 2.28. The maximum absolute atomic E-state index is 14.0. The van der Waals surface area contributed by atoms with Gasteiger partial charge in [-0.3, -0.25) is 4.90 Å². The van der Waals surface area contributed by atoms with E-state index in [2.05, 4.69) is 23.8 Å². The summed E-state index contributed by atoms with van der Waals surface area (Å²) in [4.78, 5) is 4.51. The zero-order valence-corrected chi connectivity index (χ0v) is 12.1. The van der Waals surface area contributed by atoms with Gasteiger partial charge < -0.3 is 10.6 Å². The molecule has 1 aromatic rings. The van der Waals surface area contributed by atoms with E-state index < -0.39 is 11.6 Å². The maximum atomic E-state index is 14.0. The van der Waals surface area contributed by atoms with Crippen molar-refractivity contribution in [2.45, 2.75) is 25.4 Å². The number of nitrogens with two attached hydrogens (primary N) is 1. The van der Waals surface area contributed by atoms with E-state index in [1.165, 1.54) is 12.1 Å². The molecule has 0 radical (unpaired) electrons. The van der Waals surface area contributed by atoms with Crippen molar-refractivity contribution in [1.82, 2.24) is 9.80 Å². The van der Waals surface area contributed by atoms with Crippen molar-refractivity contribution in [2.75, 3.05) is 33.2 Å². The van der Waals surface area contributed by atoms with E-state index in [9.17, 15) is 8.78 Å². The summed E-state index contributed by atoms with van der Waals surface area (Å²) in [6, 6.07) is 3.85. The number of nitrogens with zero attached hydrogens (tertiary/aromatic N) is 2. The molecule has 0 bridgehead atoms. The van der Waals surface area contributed by atoms with Crippen LogP contribution in [0.25, 0.3) is 0 Å². The molecule has 5 heteroatoms. The number of likely N-dealkylation sites (N-methyl/N-ethyl adjacent to an activating group) is 1. The predicted octanol–water partition coefficient (Wildman–Crippen LogP) is 1.99. The lowest BCUT2D eigenvalue weighted by atomic mass is 10.0. The zero-order valence-electron chi connectivity index (χ0n) is 12.1. The lowest BCUT2D eigenvalue weighted by Gasteiger charge is -2.35. The van der Waals surface area contributed by atoms with Gasteiger partial charge in [-0.1, -0.05) is 6.07 Å². The van der Waals surface area contributed by atoms with Crippen molar-refractivity contribution < 1.29 is 8.78 Å². The first-order valence-corrected chi connectivity index (χ1v) is 7.12. The van der Waals surface area contributed by atoms with E-state index in [-0.39, 0.29) is 6.04 Å². The van der Waals surface area contributed by atoms with Gasteiger partial charge >= 0.3 is 0 Å². The largest absolute Gasteiger partial charge is 0.329 e. The number of hydrogen-bond acceptors (Lipinski definition) is 3. The summed E-state index contributed by atoms with van der Waals surface area (Å²) >= 11 is 0. The number of rotatable bonds is 3. The molecule has 1 heterocycles. The van der Waals surface area contributed by atoms with E-state index >= 15 is 0 Å². The molecule has 2 N–H and O–H groups in total. The highest BCUT2D eigenvalue weighted by molar-refractivity contribution is 5.23. The third kappa shape index (κ3) is 3.34. The van der Waals surface area contributed by atoms with E-state index in [0.717, 1.165) is 32.1 Å². The van der Waals surface area contributed by atoms with Gasteiger partial charge in [0, 0.05) is 37.3 Å². The minimum atomic E-state index is -0.550. The molecule has 1 fully saturated rings. The van der Waals surface area contributed by atoms with Crippen LogP contribution in [0.5, 0.6) is 0 Å². The average molecular weight is 283 g/mol. The van der Waals surface area contributed by atoms with Gasteiger partial charge in [-0.05, 0) is 33.0 Å². The fourth-order valence-electron chi connectivity index (χ4n) is 3.07. The highest BCUT2D eigenvalue weighted by Crippen LogP contribution is 2.26. The van der Waals surface area contributed by atoms with Crippen molar-refractivity contribution in [3.8, 4) is 0 Å². The molecule has 1 aliphatic heterocycles. The minimum absolute atomic E-state index is 0.197. The van der Waals surface area contributed by atoms with Gasteiger partial charge in [-0.25, -0.2) is 8.78 Å². The van der Waals surface area contributed by atoms with E-state index in [1.807, 2.05) is 0 Å². The van der Waals surface area contributed by atoms with Gasteiger partial charge in [-0.15, -0.1) is 0 Å². The van der Waals surface area contributed by atoms with Crippen molar-refractivity contribution in [3.63, 3.8) is 0 Å². The van der Waals surface area contributed by atoms with Crippen LogP contribution in [0.2, 0.25) is 0 Å². The van der Waals surface area contributed by atoms with Gasteiger partial charge in [-0.2, -0.15) is 0 Å². The van der Waals surface area contributed by atoms with Crippen LogP contribution in [0.1, 0.15) is 24.9 Å².